The minimum Gasteiger partial charge on any atom is -0.494 e. The van der Waals surface area contributed by atoms with Gasteiger partial charge < -0.3 is 15.4 Å². The first kappa shape index (κ1) is 23.7. The minimum atomic E-state index is 0. The van der Waals surface area contributed by atoms with Crippen molar-refractivity contribution < 1.29 is 9.53 Å². The number of rotatable bonds is 6. The number of nitrogens with two attached hydrogens (primary N) is 1. The second kappa shape index (κ2) is 11.5. The number of hydrogen-bond acceptors (Lipinski definition) is 5. The van der Waals surface area contributed by atoms with Gasteiger partial charge in [0.05, 0.1) is 18.7 Å². The van der Waals surface area contributed by atoms with E-state index in [0.29, 0.717) is 19.6 Å². The van der Waals surface area contributed by atoms with Gasteiger partial charge in [-0.3, -0.25) is 4.79 Å². The van der Waals surface area contributed by atoms with Crippen LogP contribution in [0.3, 0.4) is 0 Å². The summed E-state index contributed by atoms with van der Waals surface area (Å²) in [4.78, 5) is 19.2. The molecule has 1 atom stereocenters. The summed E-state index contributed by atoms with van der Waals surface area (Å²) < 4.78 is 5.46. The average molecular weight is 432 g/mol. The second-order valence-electron chi connectivity index (χ2n) is 6.25. The van der Waals surface area contributed by atoms with Crippen molar-refractivity contribution in [1.82, 2.24) is 9.88 Å². The molecule has 0 saturated carbocycles. The zero-order chi connectivity index (χ0) is 17.6. The fourth-order valence-corrected chi connectivity index (χ4v) is 4.04. The zero-order valence-corrected chi connectivity index (χ0v) is 17.9. The standard InChI is InChI=1S/C19H25N3O2S.2ClH/c1-2-24-17-8-6-14(7-9-17)19-21-15(13-25-19)11-18(23)22-10-4-3-5-16(22)12-20;;/h6-9,13,16H,2-5,10-12,20H2,1H3;2*1H. The first-order valence-corrected chi connectivity index (χ1v) is 9.76. The molecule has 2 aromatic rings. The van der Waals surface area contributed by atoms with Gasteiger partial charge in [-0.15, -0.1) is 36.2 Å². The Morgan fingerprint density at radius 2 is 2.04 bits per heavy atom. The Bertz CT molecular complexity index is 709. The van der Waals surface area contributed by atoms with Crippen LogP contribution in [0.15, 0.2) is 29.6 Å². The maximum atomic E-state index is 12.6. The monoisotopic (exact) mass is 431 g/mol. The Morgan fingerprint density at radius 1 is 1.30 bits per heavy atom. The number of halogens is 2. The number of ether oxygens (including phenoxy) is 1. The molecule has 5 nitrogen and oxygen atoms in total. The van der Waals surface area contributed by atoms with E-state index in [-0.39, 0.29) is 36.8 Å². The second-order valence-corrected chi connectivity index (χ2v) is 7.11. The number of hydrogen-bond donors (Lipinski definition) is 1. The third-order valence-corrected chi connectivity index (χ3v) is 5.46. The highest BCUT2D eigenvalue weighted by Gasteiger charge is 2.26. The predicted octanol–water partition coefficient (Wildman–Crippen LogP) is 3.93. The van der Waals surface area contributed by atoms with E-state index >= 15 is 0 Å². The lowest BCUT2D eigenvalue weighted by atomic mass is 10.0. The lowest BCUT2D eigenvalue weighted by Crippen LogP contribution is -2.48. The summed E-state index contributed by atoms with van der Waals surface area (Å²) >= 11 is 1.57. The number of thiazole rings is 1. The summed E-state index contributed by atoms with van der Waals surface area (Å²) in [6.45, 7) is 3.98. The molecule has 1 saturated heterocycles. The maximum absolute atomic E-state index is 12.6. The molecule has 2 N–H and O–H groups in total. The van der Waals surface area contributed by atoms with Crippen LogP contribution in [-0.2, 0) is 11.2 Å². The number of benzene rings is 1. The lowest BCUT2D eigenvalue weighted by Gasteiger charge is -2.35. The molecule has 8 heteroatoms. The molecule has 1 aliphatic heterocycles. The molecule has 1 amide bonds. The van der Waals surface area contributed by atoms with Crippen LogP contribution >= 0.6 is 36.2 Å². The Kier molecular flexibility index (Phi) is 10.1. The molecule has 27 heavy (non-hydrogen) atoms. The lowest BCUT2D eigenvalue weighted by molar-refractivity contribution is -0.133. The quantitative estimate of drug-likeness (QED) is 0.751. The van der Waals surface area contributed by atoms with Gasteiger partial charge in [0.1, 0.15) is 10.8 Å². The molecular formula is C19H27Cl2N3O2S. The first-order valence-electron chi connectivity index (χ1n) is 8.88. The molecule has 3 rings (SSSR count). The van der Waals surface area contributed by atoms with Gasteiger partial charge in [0.2, 0.25) is 5.91 Å². The highest BCUT2D eigenvalue weighted by molar-refractivity contribution is 7.13. The minimum absolute atomic E-state index is 0. The van der Waals surface area contributed by atoms with Crippen molar-refractivity contribution in [1.29, 1.82) is 0 Å². The molecule has 1 unspecified atom stereocenters. The van der Waals surface area contributed by atoms with E-state index in [9.17, 15) is 4.79 Å². The Balaban J connectivity index is 0.00000182. The van der Waals surface area contributed by atoms with Crippen LogP contribution in [0.5, 0.6) is 5.75 Å². The van der Waals surface area contributed by atoms with Crippen molar-refractivity contribution in [3.8, 4) is 16.3 Å². The van der Waals surface area contributed by atoms with E-state index in [1.54, 1.807) is 11.3 Å². The average Bonchev–Trinajstić information content (AvgIpc) is 3.11. The van der Waals surface area contributed by atoms with Crippen molar-refractivity contribution in [2.75, 3.05) is 19.7 Å². The van der Waals surface area contributed by atoms with Crippen LogP contribution < -0.4 is 10.5 Å². The fraction of sp³-hybridized carbons (Fsp3) is 0.474. The Labute approximate surface area is 177 Å². The van der Waals surface area contributed by atoms with E-state index < -0.39 is 0 Å². The van der Waals surface area contributed by atoms with Crippen molar-refractivity contribution >= 4 is 42.1 Å². The van der Waals surface area contributed by atoms with Gasteiger partial charge in [0, 0.05) is 30.1 Å². The number of carbonyl (C=O) groups is 1. The third kappa shape index (κ3) is 6.07. The van der Waals surface area contributed by atoms with Gasteiger partial charge in [-0.25, -0.2) is 4.98 Å². The van der Waals surface area contributed by atoms with Crippen LogP contribution in [0.2, 0.25) is 0 Å². The largest absolute Gasteiger partial charge is 0.494 e. The third-order valence-electron chi connectivity index (χ3n) is 4.52. The van der Waals surface area contributed by atoms with Gasteiger partial charge in [-0.2, -0.15) is 0 Å². The number of amides is 1. The smallest absolute Gasteiger partial charge is 0.228 e. The summed E-state index contributed by atoms with van der Waals surface area (Å²) in [6, 6.07) is 8.09. The maximum Gasteiger partial charge on any atom is 0.228 e. The van der Waals surface area contributed by atoms with Crippen LogP contribution in [-0.4, -0.2) is 41.5 Å². The Hall–Kier alpha value is -1.34. The van der Waals surface area contributed by atoms with Crippen LogP contribution in [0, 0.1) is 0 Å². The number of aromatic nitrogens is 1. The number of likely N-dealkylation sites (tertiary alicyclic amines) is 1. The summed E-state index contributed by atoms with van der Waals surface area (Å²) in [5.41, 5.74) is 7.70. The van der Waals surface area contributed by atoms with Crippen LogP contribution in [0.25, 0.3) is 10.6 Å². The van der Waals surface area contributed by atoms with E-state index in [1.165, 1.54) is 0 Å². The molecule has 150 valence electrons. The molecule has 1 aromatic heterocycles. The predicted molar refractivity (Wildman–Crippen MR) is 115 cm³/mol. The summed E-state index contributed by atoms with van der Waals surface area (Å²) in [5.74, 6) is 0.995. The van der Waals surface area contributed by atoms with Gasteiger partial charge >= 0.3 is 0 Å². The van der Waals surface area contributed by atoms with E-state index in [2.05, 4.69) is 4.98 Å². The van der Waals surface area contributed by atoms with Gasteiger partial charge in [-0.05, 0) is 50.5 Å². The molecule has 1 aliphatic rings. The highest BCUT2D eigenvalue weighted by Crippen LogP contribution is 2.26. The van der Waals surface area contributed by atoms with Crippen LogP contribution in [0.4, 0.5) is 0 Å². The van der Waals surface area contributed by atoms with Gasteiger partial charge in [-0.1, -0.05) is 0 Å². The van der Waals surface area contributed by atoms with Gasteiger partial charge in [0.25, 0.3) is 0 Å². The highest BCUT2D eigenvalue weighted by atomic mass is 35.5. The molecular weight excluding hydrogens is 405 g/mol. The van der Waals surface area contributed by atoms with Crippen molar-refractivity contribution in [2.45, 2.75) is 38.6 Å². The van der Waals surface area contributed by atoms with E-state index in [0.717, 1.165) is 47.8 Å². The molecule has 1 aromatic carbocycles. The summed E-state index contributed by atoms with van der Waals surface area (Å²) in [6.07, 6.45) is 3.59. The van der Waals surface area contributed by atoms with Crippen molar-refractivity contribution in [3.63, 3.8) is 0 Å². The molecule has 1 fully saturated rings. The first-order chi connectivity index (χ1) is 12.2. The van der Waals surface area contributed by atoms with Crippen molar-refractivity contribution in [3.05, 3.63) is 35.3 Å². The fourth-order valence-electron chi connectivity index (χ4n) is 3.21. The summed E-state index contributed by atoms with van der Waals surface area (Å²) in [5, 5.41) is 2.91. The zero-order valence-electron chi connectivity index (χ0n) is 15.4. The number of piperidine rings is 1. The summed E-state index contributed by atoms with van der Waals surface area (Å²) in [7, 11) is 0. The Morgan fingerprint density at radius 3 is 2.70 bits per heavy atom. The molecule has 0 aliphatic carbocycles. The number of carbonyl (C=O) groups excluding carboxylic acids is 1. The topological polar surface area (TPSA) is 68.5 Å². The van der Waals surface area contributed by atoms with Crippen molar-refractivity contribution in [2.24, 2.45) is 5.73 Å². The van der Waals surface area contributed by atoms with Gasteiger partial charge in [0.15, 0.2) is 0 Å². The van der Waals surface area contributed by atoms with E-state index in [1.807, 2.05) is 41.5 Å². The molecule has 0 bridgehead atoms. The normalized spacial score (nSPS) is 16.2. The SMILES string of the molecule is CCOc1ccc(-c2nc(CC(=O)N3CCCCC3CN)cs2)cc1.Cl.Cl. The number of nitrogens with zero attached hydrogens (tertiary/aromatic N) is 2. The van der Waals surface area contributed by atoms with E-state index in [4.69, 9.17) is 10.5 Å². The molecule has 0 spiro atoms. The molecule has 2 heterocycles. The molecule has 0 radical (unpaired) electrons. The van der Waals surface area contributed by atoms with Crippen LogP contribution in [0.1, 0.15) is 31.9 Å².